The van der Waals surface area contributed by atoms with Gasteiger partial charge < -0.3 is 10.6 Å². The molecular weight excluding hydrogens is 252 g/mol. The second kappa shape index (κ2) is 7.77. The first-order valence-corrected chi connectivity index (χ1v) is 7.87. The van der Waals surface area contributed by atoms with Crippen molar-refractivity contribution in [2.45, 2.75) is 59.4 Å². The molecule has 1 aliphatic rings. The number of ketones is 1. The molecule has 1 rings (SSSR count). The fourth-order valence-corrected chi connectivity index (χ4v) is 2.90. The maximum atomic E-state index is 12.6. The van der Waals surface area contributed by atoms with Crippen molar-refractivity contribution in [1.82, 2.24) is 4.90 Å². The van der Waals surface area contributed by atoms with Crippen molar-refractivity contribution in [3.63, 3.8) is 0 Å². The molecule has 0 aromatic carbocycles. The van der Waals surface area contributed by atoms with Crippen molar-refractivity contribution in [2.75, 3.05) is 13.1 Å². The van der Waals surface area contributed by atoms with Crippen molar-refractivity contribution in [3.8, 4) is 0 Å². The Bertz CT molecular complexity index is 329. The maximum absolute atomic E-state index is 12.6. The fourth-order valence-electron chi connectivity index (χ4n) is 2.90. The zero-order valence-electron chi connectivity index (χ0n) is 13.4. The van der Waals surface area contributed by atoms with Gasteiger partial charge in [0.25, 0.3) is 0 Å². The Morgan fingerprint density at radius 1 is 1.15 bits per heavy atom. The molecule has 0 radical (unpaired) electrons. The number of hydrogen-bond donors (Lipinski definition) is 1. The summed E-state index contributed by atoms with van der Waals surface area (Å²) in [6.45, 7) is 9.64. The van der Waals surface area contributed by atoms with E-state index in [9.17, 15) is 9.59 Å². The molecule has 0 aromatic rings. The molecule has 4 nitrogen and oxygen atoms in total. The van der Waals surface area contributed by atoms with E-state index in [1.165, 1.54) is 0 Å². The third-order valence-corrected chi connectivity index (χ3v) is 4.09. The van der Waals surface area contributed by atoms with E-state index in [4.69, 9.17) is 5.73 Å². The second-order valence-electron chi connectivity index (χ2n) is 6.84. The van der Waals surface area contributed by atoms with Gasteiger partial charge in [0.15, 0.2) is 0 Å². The standard InChI is InChI=1S/C16H30N2O2/c1-11(2)9-13(17)10-15(12(3)4)16(20)18-7-5-14(19)6-8-18/h11-13,15H,5-10,17H2,1-4H3. The SMILES string of the molecule is CC(C)CC(N)CC(C(=O)N1CCC(=O)CC1)C(C)C. The van der Waals surface area contributed by atoms with Crippen molar-refractivity contribution >= 4 is 11.7 Å². The van der Waals surface area contributed by atoms with Gasteiger partial charge in [-0.05, 0) is 24.7 Å². The van der Waals surface area contributed by atoms with E-state index in [1.807, 2.05) is 4.90 Å². The van der Waals surface area contributed by atoms with Gasteiger partial charge in [-0.2, -0.15) is 0 Å². The van der Waals surface area contributed by atoms with Crippen LogP contribution < -0.4 is 5.73 Å². The Morgan fingerprint density at radius 3 is 2.15 bits per heavy atom. The highest BCUT2D eigenvalue weighted by molar-refractivity contribution is 5.84. The van der Waals surface area contributed by atoms with Crippen LogP contribution in [0.25, 0.3) is 0 Å². The number of likely N-dealkylation sites (tertiary alicyclic amines) is 1. The zero-order chi connectivity index (χ0) is 15.3. The van der Waals surface area contributed by atoms with E-state index in [1.54, 1.807) is 0 Å². The summed E-state index contributed by atoms with van der Waals surface area (Å²) < 4.78 is 0. The molecule has 0 aromatic heterocycles. The summed E-state index contributed by atoms with van der Waals surface area (Å²) in [5, 5.41) is 0. The third-order valence-electron chi connectivity index (χ3n) is 4.09. The molecule has 0 aliphatic carbocycles. The summed E-state index contributed by atoms with van der Waals surface area (Å²) >= 11 is 0. The molecule has 4 heteroatoms. The van der Waals surface area contributed by atoms with Crippen LogP contribution in [0.15, 0.2) is 0 Å². The van der Waals surface area contributed by atoms with Gasteiger partial charge in [0.2, 0.25) is 5.91 Å². The van der Waals surface area contributed by atoms with E-state index in [0.717, 1.165) is 12.8 Å². The number of carbonyl (C=O) groups excluding carboxylic acids is 2. The minimum Gasteiger partial charge on any atom is -0.342 e. The molecule has 1 aliphatic heterocycles. The van der Waals surface area contributed by atoms with Crippen LogP contribution in [-0.4, -0.2) is 35.7 Å². The van der Waals surface area contributed by atoms with Crippen LogP contribution in [0.3, 0.4) is 0 Å². The summed E-state index contributed by atoms with van der Waals surface area (Å²) in [7, 11) is 0. The van der Waals surface area contributed by atoms with Gasteiger partial charge >= 0.3 is 0 Å². The van der Waals surface area contributed by atoms with E-state index in [-0.39, 0.29) is 23.7 Å². The van der Waals surface area contributed by atoms with E-state index < -0.39 is 0 Å². The molecule has 1 saturated heterocycles. The summed E-state index contributed by atoms with van der Waals surface area (Å²) in [6, 6.07) is 0.0813. The van der Waals surface area contributed by atoms with E-state index in [0.29, 0.717) is 37.8 Å². The molecule has 20 heavy (non-hydrogen) atoms. The normalized spacial score (nSPS) is 19.6. The number of amides is 1. The molecule has 116 valence electrons. The van der Waals surface area contributed by atoms with Gasteiger partial charge in [-0.3, -0.25) is 9.59 Å². The molecule has 1 heterocycles. The lowest BCUT2D eigenvalue weighted by Crippen LogP contribution is -2.44. The van der Waals surface area contributed by atoms with Crippen molar-refractivity contribution < 1.29 is 9.59 Å². The number of nitrogens with two attached hydrogens (primary N) is 1. The molecule has 0 bridgehead atoms. The van der Waals surface area contributed by atoms with Crippen LogP contribution in [-0.2, 0) is 9.59 Å². The summed E-state index contributed by atoms with van der Waals surface area (Å²) in [6.07, 6.45) is 2.72. The van der Waals surface area contributed by atoms with Crippen molar-refractivity contribution in [1.29, 1.82) is 0 Å². The number of rotatable bonds is 6. The number of piperidine rings is 1. The maximum Gasteiger partial charge on any atom is 0.226 e. The summed E-state index contributed by atoms with van der Waals surface area (Å²) in [4.78, 5) is 25.8. The number of hydrogen-bond acceptors (Lipinski definition) is 3. The Labute approximate surface area is 123 Å². The first-order chi connectivity index (χ1) is 9.31. The highest BCUT2D eigenvalue weighted by atomic mass is 16.2. The molecule has 1 fully saturated rings. The van der Waals surface area contributed by atoms with Crippen LogP contribution in [0.2, 0.25) is 0 Å². The molecule has 2 atom stereocenters. The molecule has 0 spiro atoms. The minimum atomic E-state index is -0.0167. The van der Waals surface area contributed by atoms with Crippen LogP contribution in [0.5, 0.6) is 0 Å². The Balaban J connectivity index is 2.60. The second-order valence-corrected chi connectivity index (χ2v) is 6.84. The predicted octanol–water partition coefficient (Wildman–Crippen LogP) is 2.21. The first-order valence-electron chi connectivity index (χ1n) is 7.87. The minimum absolute atomic E-state index is 0.0167. The van der Waals surface area contributed by atoms with Crippen LogP contribution in [0.1, 0.15) is 53.4 Å². The first kappa shape index (κ1) is 17.2. The van der Waals surface area contributed by atoms with Crippen LogP contribution in [0.4, 0.5) is 0 Å². The van der Waals surface area contributed by atoms with E-state index >= 15 is 0 Å². The molecule has 2 unspecified atom stereocenters. The van der Waals surface area contributed by atoms with Crippen LogP contribution in [0, 0.1) is 17.8 Å². The summed E-state index contributed by atoms with van der Waals surface area (Å²) in [5.74, 6) is 1.29. The van der Waals surface area contributed by atoms with Gasteiger partial charge in [0, 0.05) is 37.9 Å². The van der Waals surface area contributed by atoms with Gasteiger partial charge in [0.1, 0.15) is 5.78 Å². The van der Waals surface area contributed by atoms with Crippen molar-refractivity contribution in [2.24, 2.45) is 23.5 Å². The van der Waals surface area contributed by atoms with Gasteiger partial charge in [-0.1, -0.05) is 27.7 Å². The smallest absolute Gasteiger partial charge is 0.226 e. The Kier molecular flexibility index (Phi) is 6.66. The lowest BCUT2D eigenvalue weighted by Gasteiger charge is -2.32. The molecule has 0 saturated carbocycles. The number of nitrogens with zero attached hydrogens (tertiary/aromatic N) is 1. The largest absolute Gasteiger partial charge is 0.342 e. The molecule has 2 N–H and O–H groups in total. The highest BCUT2D eigenvalue weighted by Gasteiger charge is 2.30. The highest BCUT2D eigenvalue weighted by Crippen LogP contribution is 2.23. The Hall–Kier alpha value is -0.900. The van der Waals surface area contributed by atoms with Gasteiger partial charge in [-0.15, -0.1) is 0 Å². The lowest BCUT2D eigenvalue weighted by atomic mass is 9.85. The number of Topliss-reactive ketones (excluding diaryl/α,β-unsaturated/α-hetero) is 1. The Morgan fingerprint density at radius 2 is 1.70 bits per heavy atom. The fraction of sp³-hybridized carbons (Fsp3) is 0.875. The van der Waals surface area contributed by atoms with E-state index in [2.05, 4.69) is 27.7 Å². The molecule has 1 amide bonds. The van der Waals surface area contributed by atoms with Gasteiger partial charge in [-0.25, -0.2) is 0 Å². The topological polar surface area (TPSA) is 63.4 Å². The quantitative estimate of drug-likeness (QED) is 0.812. The van der Waals surface area contributed by atoms with Gasteiger partial charge in [0.05, 0.1) is 0 Å². The average molecular weight is 282 g/mol. The lowest BCUT2D eigenvalue weighted by molar-refractivity contribution is -0.140. The molecular formula is C16H30N2O2. The number of carbonyl (C=O) groups is 2. The third kappa shape index (κ3) is 5.23. The zero-order valence-corrected chi connectivity index (χ0v) is 13.4. The predicted molar refractivity (Wildman–Crippen MR) is 81.2 cm³/mol. The monoisotopic (exact) mass is 282 g/mol. The average Bonchev–Trinajstić information content (AvgIpc) is 2.35. The van der Waals surface area contributed by atoms with Crippen molar-refractivity contribution in [3.05, 3.63) is 0 Å². The summed E-state index contributed by atoms with van der Waals surface area (Å²) in [5.41, 5.74) is 6.18. The van der Waals surface area contributed by atoms with Crippen LogP contribution >= 0.6 is 0 Å².